The first-order valence-corrected chi connectivity index (χ1v) is 18.3. The fourth-order valence-corrected chi connectivity index (χ4v) is 7.87. The van der Waals surface area contributed by atoms with Gasteiger partial charge in [-0.15, -0.1) is 6.58 Å². The second kappa shape index (κ2) is 14.9. The van der Waals surface area contributed by atoms with E-state index in [4.69, 9.17) is 0 Å². The Morgan fingerprint density at radius 2 is 1.64 bits per heavy atom. The first-order chi connectivity index (χ1) is 20.9. The summed E-state index contributed by atoms with van der Waals surface area (Å²) in [4.78, 5) is 68.8. The van der Waals surface area contributed by atoms with Crippen LogP contribution in [-0.2, 0) is 29.0 Å². The van der Waals surface area contributed by atoms with Crippen molar-refractivity contribution in [1.29, 1.82) is 0 Å². The Hall–Kier alpha value is -2.56. The van der Waals surface area contributed by atoms with Crippen LogP contribution >= 0.6 is 0 Å². The van der Waals surface area contributed by atoms with Crippen molar-refractivity contribution in [2.45, 2.75) is 135 Å². The van der Waals surface area contributed by atoms with Gasteiger partial charge in [-0.1, -0.05) is 25.3 Å². The van der Waals surface area contributed by atoms with E-state index in [9.17, 15) is 32.4 Å². The van der Waals surface area contributed by atoms with Gasteiger partial charge in [0.15, 0.2) is 21.4 Å². The number of sulfone groups is 1. The van der Waals surface area contributed by atoms with Gasteiger partial charge in [0.1, 0.15) is 6.04 Å². The van der Waals surface area contributed by atoms with Gasteiger partial charge in [0.2, 0.25) is 11.7 Å². The molecule has 3 aliphatic rings. The quantitative estimate of drug-likeness (QED) is 0.195. The molecule has 3 fully saturated rings. The molecule has 0 aromatic heterocycles. The number of likely N-dealkylation sites (tertiary alicyclic amines) is 1. The molecule has 3 amide bonds. The molecule has 5 atom stereocenters. The number of amides is 3. The monoisotopic (exact) mass is 649 g/mol. The summed E-state index contributed by atoms with van der Waals surface area (Å²) in [5.74, 6) is -2.66. The minimum Gasteiger partial charge on any atom is -0.334 e. The molecule has 45 heavy (non-hydrogen) atoms. The van der Waals surface area contributed by atoms with Gasteiger partial charge in [-0.25, -0.2) is 13.2 Å². The largest absolute Gasteiger partial charge is 0.334 e. The van der Waals surface area contributed by atoms with Gasteiger partial charge in [-0.05, 0) is 97.8 Å². The number of nitrogens with one attached hydrogen (secondary N) is 2. The molecule has 0 aromatic rings. The van der Waals surface area contributed by atoms with Crippen molar-refractivity contribution in [3.8, 4) is 0 Å². The lowest BCUT2D eigenvalue weighted by molar-refractivity contribution is -0.143. The fourth-order valence-electron chi connectivity index (χ4n) is 6.74. The summed E-state index contributed by atoms with van der Waals surface area (Å²) in [5, 5.41) is 5.83. The Kier molecular flexibility index (Phi) is 12.2. The number of carbonyl (C=O) groups excluding carboxylic acids is 5. The Morgan fingerprint density at radius 1 is 1.00 bits per heavy atom. The van der Waals surface area contributed by atoms with Gasteiger partial charge in [-0.3, -0.25) is 19.2 Å². The van der Waals surface area contributed by atoms with E-state index in [0.717, 1.165) is 38.5 Å². The summed E-state index contributed by atoms with van der Waals surface area (Å²) in [6.45, 7) is 14.6. The molecule has 0 radical (unpaired) electrons. The highest BCUT2D eigenvalue weighted by molar-refractivity contribution is 7.92. The zero-order valence-electron chi connectivity index (χ0n) is 28.2. The minimum absolute atomic E-state index is 0.0188. The van der Waals surface area contributed by atoms with Crippen LogP contribution in [0.4, 0.5) is 4.79 Å². The molecule has 0 spiro atoms. The summed E-state index contributed by atoms with van der Waals surface area (Å²) in [7, 11) is -3.43. The number of piperidine rings is 1. The molecule has 2 saturated carbocycles. The Labute approximate surface area is 269 Å². The highest BCUT2D eigenvalue weighted by Crippen LogP contribution is 2.50. The average Bonchev–Trinajstić information content (AvgIpc) is 3.60. The second-order valence-corrected chi connectivity index (χ2v) is 18.2. The molecule has 2 aliphatic carbocycles. The van der Waals surface area contributed by atoms with Gasteiger partial charge in [-0.2, -0.15) is 0 Å². The molecule has 1 unspecified atom stereocenters. The van der Waals surface area contributed by atoms with Gasteiger partial charge < -0.3 is 15.5 Å². The molecule has 2 N–H and O–H groups in total. The second-order valence-electron chi connectivity index (χ2n) is 15.4. The number of Topliss-reactive ketones (excluding diaryl/α,β-unsaturated/α-hetero) is 3. The SMILES string of the molecule is C=CCCC(CC(=O)[C@@H]1[C@H]2C[C@H]2CN1C(=O)[C@@H](NC(=O)NC(C)(C)C)C1CCCCC1)C(=O)C(=O)CCCS(=O)(=O)C(C)(C)C. The van der Waals surface area contributed by atoms with E-state index < -0.39 is 55.7 Å². The molecule has 254 valence electrons. The van der Waals surface area contributed by atoms with Crippen LogP contribution < -0.4 is 10.6 Å². The third-order valence-electron chi connectivity index (χ3n) is 9.49. The molecular formula is C34H55N3O7S. The van der Waals surface area contributed by atoms with Gasteiger partial charge in [0.25, 0.3) is 0 Å². The maximum atomic E-state index is 14.1. The molecule has 10 nitrogen and oxygen atoms in total. The van der Waals surface area contributed by atoms with Crippen LogP contribution in [0.5, 0.6) is 0 Å². The molecule has 0 bridgehead atoms. The van der Waals surface area contributed by atoms with Crippen LogP contribution in [0.3, 0.4) is 0 Å². The lowest BCUT2D eigenvalue weighted by Crippen LogP contribution is -2.59. The van der Waals surface area contributed by atoms with E-state index >= 15 is 0 Å². The number of fused-ring (bicyclic) bond motifs is 1. The van der Waals surface area contributed by atoms with E-state index in [1.165, 1.54) is 0 Å². The van der Waals surface area contributed by atoms with Gasteiger partial charge in [0.05, 0.1) is 16.5 Å². The number of carbonyl (C=O) groups is 5. The summed E-state index contributed by atoms with van der Waals surface area (Å²) in [6, 6.07) is -1.85. The van der Waals surface area contributed by atoms with Crippen LogP contribution in [0.25, 0.3) is 0 Å². The van der Waals surface area contributed by atoms with Crippen molar-refractivity contribution < 1.29 is 32.4 Å². The number of rotatable bonds is 15. The zero-order valence-corrected chi connectivity index (χ0v) is 29.0. The minimum atomic E-state index is -3.43. The molecule has 1 saturated heterocycles. The van der Waals surface area contributed by atoms with E-state index in [-0.39, 0.29) is 60.9 Å². The van der Waals surface area contributed by atoms with Crippen molar-refractivity contribution in [3.05, 3.63) is 12.7 Å². The maximum Gasteiger partial charge on any atom is 0.315 e. The standard InChI is InChI=1S/C34H55N3O7S/c1-8-9-14-23(30(40)26(38)17-13-18-45(43,44)34(5,6)7)20-27(39)29-25-19-24(25)21-37(29)31(41)28(22-15-11-10-12-16-22)35-32(42)36-33(2,3)4/h8,22-25,28-29H,1,9-21H2,2-7H3,(H2,35,36,42)/t23?,24-,25-,28-,29-/m0/s1. The van der Waals surface area contributed by atoms with E-state index in [1.807, 2.05) is 20.8 Å². The number of hydrogen-bond donors (Lipinski definition) is 2. The average molecular weight is 650 g/mol. The normalized spacial score (nSPS) is 23.4. The highest BCUT2D eigenvalue weighted by Gasteiger charge is 2.57. The predicted molar refractivity (Wildman–Crippen MR) is 174 cm³/mol. The number of hydrogen-bond acceptors (Lipinski definition) is 7. The number of urea groups is 1. The summed E-state index contributed by atoms with van der Waals surface area (Å²) in [6.07, 6.45) is 7.55. The maximum absolute atomic E-state index is 14.1. The lowest BCUT2D eigenvalue weighted by Gasteiger charge is -2.36. The summed E-state index contributed by atoms with van der Waals surface area (Å²) >= 11 is 0. The van der Waals surface area contributed by atoms with Crippen molar-refractivity contribution >= 4 is 39.1 Å². The smallest absolute Gasteiger partial charge is 0.315 e. The fraction of sp³-hybridized carbons (Fsp3) is 0.794. The molecule has 0 aromatic carbocycles. The van der Waals surface area contributed by atoms with Crippen LogP contribution in [-0.4, -0.2) is 77.3 Å². The molecule has 1 aliphatic heterocycles. The van der Waals surface area contributed by atoms with Crippen molar-refractivity contribution in [2.24, 2.45) is 23.7 Å². The molecule has 1 heterocycles. The van der Waals surface area contributed by atoms with Crippen molar-refractivity contribution in [3.63, 3.8) is 0 Å². The third-order valence-corrected chi connectivity index (χ3v) is 12.2. The molecular weight excluding hydrogens is 594 g/mol. The third kappa shape index (κ3) is 9.96. The van der Waals surface area contributed by atoms with E-state index in [1.54, 1.807) is 31.7 Å². The Balaban J connectivity index is 1.73. The first-order valence-electron chi connectivity index (χ1n) is 16.7. The predicted octanol–water partition coefficient (Wildman–Crippen LogP) is 4.55. The van der Waals surface area contributed by atoms with Crippen LogP contribution in [0.1, 0.15) is 112 Å². The number of allylic oxidation sites excluding steroid dienone is 1. The molecule has 11 heteroatoms. The first kappa shape index (κ1) is 36.9. The lowest BCUT2D eigenvalue weighted by atomic mass is 9.83. The highest BCUT2D eigenvalue weighted by atomic mass is 32.2. The Bertz CT molecular complexity index is 1240. The van der Waals surface area contributed by atoms with Crippen LogP contribution in [0, 0.1) is 23.7 Å². The van der Waals surface area contributed by atoms with Gasteiger partial charge in [0, 0.05) is 30.8 Å². The van der Waals surface area contributed by atoms with E-state index in [2.05, 4.69) is 17.2 Å². The topological polar surface area (TPSA) is 147 Å². The zero-order chi connectivity index (χ0) is 33.7. The summed E-state index contributed by atoms with van der Waals surface area (Å²) < 4.78 is 23.9. The Morgan fingerprint density at radius 3 is 2.22 bits per heavy atom. The summed E-state index contributed by atoms with van der Waals surface area (Å²) in [5.41, 5.74) is -0.483. The number of nitrogens with zero attached hydrogens (tertiary/aromatic N) is 1. The molecule has 3 rings (SSSR count). The van der Waals surface area contributed by atoms with Crippen LogP contribution in [0.15, 0.2) is 12.7 Å². The number of ketones is 3. The van der Waals surface area contributed by atoms with E-state index in [0.29, 0.717) is 13.0 Å². The van der Waals surface area contributed by atoms with Crippen molar-refractivity contribution in [1.82, 2.24) is 15.5 Å². The van der Waals surface area contributed by atoms with Crippen molar-refractivity contribution in [2.75, 3.05) is 12.3 Å². The van der Waals surface area contributed by atoms with Crippen LogP contribution in [0.2, 0.25) is 0 Å². The van der Waals surface area contributed by atoms with Gasteiger partial charge >= 0.3 is 6.03 Å².